The van der Waals surface area contributed by atoms with Crippen LogP contribution in [0.3, 0.4) is 0 Å². The summed E-state index contributed by atoms with van der Waals surface area (Å²) in [4.78, 5) is 35.2. The van der Waals surface area contributed by atoms with E-state index in [0.717, 1.165) is 56.3 Å². The molecule has 0 spiro atoms. The highest BCUT2D eigenvalue weighted by molar-refractivity contribution is 8.13. The maximum absolute atomic E-state index is 12.7. The molecule has 13 heteroatoms. The molecule has 0 fully saturated rings. The number of aromatic carboxylic acids is 1. The van der Waals surface area contributed by atoms with Gasteiger partial charge in [-0.15, -0.1) is 0 Å². The molecular formula is C26H32ClF3N2O6S. The van der Waals surface area contributed by atoms with Crippen LogP contribution in [0.1, 0.15) is 68.4 Å². The van der Waals surface area contributed by atoms with Crippen molar-refractivity contribution in [2.75, 3.05) is 18.8 Å². The first-order valence-corrected chi connectivity index (χ1v) is 13.7. The number of hydrogen-bond acceptors (Lipinski definition) is 6. The Labute approximate surface area is 234 Å². The second kappa shape index (κ2) is 16.2. The molecule has 0 aliphatic rings. The van der Waals surface area contributed by atoms with Crippen LogP contribution in [0.5, 0.6) is 11.5 Å². The molecule has 2 aromatic carbocycles. The number of nitro benzene ring substituents is 1. The Kier molecular flexibility index (Phi) is 14.1. The standard InChI is InChI=1S/C16H11ClF3NO5.C10H21NOS/c1-2-8-5-10(7-11(15(22)23)14(8)21(24)25)26-13-4-3-9(6-12(13)17)16(18,19)20;1-4-7-11(8-5-2)10(12)13-9-6-3/h3-7H,2H2,1H3,(H,22,23);4-9H2,1-3H3. The van der Waals surface area contributed by atoms with Crippen LogP contribution in [0.15, 0.2) is 30.3 Å². The number of aryl methyl sites for hydroxylation is 1. The van der Waals surface area contributed by atoms with E-state index < -0.39 is 33.9 Å². The Morgan fingerprint density at radius 2 is 1.69 bits per heavy atom. The van der Waals surface area contributed by atoms with Crippen molar-refractivity contribution in [3.05, 3.63) is 62.2 Å². The zero-order valence-corrected chi connectivity index (χ0v) is 23.7. The lowest BCUT2D eigenvalue weighted by Gasteiger charge is -2.20. The van der Waals surface area contributed by atoms with Crippen LogP contribution in [0.25, 0.3) is 0 Å². The van der Waals surface area contributed by atoms with Crippen LogP contribution in [-0.4, -0.2) is 45.0 Å². The molecule has 8 nitrogen and oxygen atoms in total. The van der Waals surface area contributed by atoms with Crippen molar-refractivity contribution in [2.45, 2.75) is 59.6 Å². The molecular weight excluding hydrogens is 561 g/mol. The Bertz CT molecular complexity index is 1140. The highest BCUT2D eigenvalue weighted by atomic mass is 35.5. The number of amides is 1. The number of hydrogen-bond donors (Lipinski definition) is 1. The van der Waals surface area contributed by atoms with Gasteiger partial charge >= 0.3 is 12.1 Å². The van der Waals surface area contributed by atoms with E-state index in [1.165, 1.54) is 17.8 Å². The first-order chi connectivity index (χ1) is 18.3. The molecule has 0 saturated heterocycles. The van der Waals surface area contributed by atoms with Crippen molar-refractivity contribution >= 4 is 40.3 Å². The number of carbonyl (C=O) groups is 2. The van der Waals surface area contributed by atoms with Gasteiger partial charge in [-0.3, -0.25) is 14.9 Å². The third kappa shape index (κ3) is 10.6. The van der Waals surface area contributed by atoms with Gasteiger partial charge in [-0.1, -0.05) is 51.1 Å². The second-order valence-corrected chi connectivity index (χ2v) is 9.69. The molecule has 0 aromatic heterocycles. The number of alkyl halides is 3. The van der Waals surface area contributed by atoms with Gasteiger partial charge in [0.2, 0.25) is 0 Å². The van der Waals surface area contributed by atoms with E-state index in [1.54, 1.807) is 6.92 Å². The van der Waals surface area contributed by atoms with Gasteiger partial charge in [-0.2, -0.15) is 13.2 Å². The first kappa shape index (κ1) is 34.0. The average molecular weight is 593 g/mol. The third-order valence-corrected chi connectivity index (χ3v) is 6.53. The molecule has 1 amide bonds. The summed E-state index contributed by atoms with van der Waals surface area (Å²) in [7, 11) is 0. The van der Waals surface area contributed by atoms with Crippen molar-refractivity contribution in [3.63, 3.8) is 0 Å². The van der Waals surface area contributed by atoms with Gasteiger partial charge in [0.25, 0.3) is 10.9 Å². The van der Waals surface area contributed by atoms with Crippen LogP contribution >= 0.6 is 23.4 Å². The van der Waals surface area contributed by atoms with Gasteiger partial charge < -0.3 is 14.7 Å². The molecule has 0 aliphatic carbocycles. The van der Waals surface area contributed by atoms with E-state index >= 15 is 0 Å². The van der Waals surface area contributed by atoms with Crippen molar-refractivity contribution in [1.82, 2.24) is 4.90 Å². The minimum atomic E-state index is -4.58. The number of carboxylic acids is 1. The molecule has 0 bridgehead atoms. The van der Waals surface area contributed by atoms with E-state index in [1.807, 2.05) is 4.90 Å². The summed E-state index contributed by atoms with van der Waals surface area (Å²) in [5.41, 5.74) is -2.02. The monoisotopic (exact) mass is 592 g/mol. The number of halogens is 4. The van der Waals surface area contributed by atoms with Gasteiger partial charge in [-0.05, 0) is 49.9 Å². The van der Waals surface area contributed by atoms with Crippen molar-refractivity contribution in [2.24, 2.45) is 0 Å². The maximum Gasteiger partial charge on any atom is 0.416 e. The Morgan fingerprint density at radius 1 is 1.08 bits per heavy atom. The smallest absolute Gasteiger partial charge is 0.416 e. The topological polar surface area (TPSA) is 110 Å². The lowest BCUT2D eigenvalue weighted by Crippen LogP contribution is -2.29. The number of rotatable bonds is 11. The quantitative estimate of drug-likeness (QED) is 0.205. The zero-order chi connectivity index (χ0) is 29.8. The van der Waals surface area contributed by atoms with E-state index in [-0.39, 0.29) is 33.7 Å². The fourth-order valence-electron chi connectivity index (χ4n) is 3.37. The molecule has 0 saturated carbocycles. The van der Waals surface area contributed by atoms with Crippen LogP contribution in [-0.2, 0) is 12.6 Å². The lowest BCUT2D eigenvalue weighted by molar-refractivity contribution is -0.385. The number of carbonyl (C=O) groups excluding carboxylic acids is 1. The zero-order valence-electron chi connectivity index (χ0n) is 22.1. The molecule has 39 heavy (non-hydrogen) atoms. The van der Waals surface area contributed by atoms with Gasteiger partial charge in [0.1, 0.15) is 17.1 Å². The number of carboxylic acid groups (broad SMARTS) is 1. The number of nitro groups is 1. The van der Waals surface area contributed by atoms with E-state index in [0.29, 0.717) is 6.07 Å². The highest BCUT2D eigenvalue weighted by Crippen LogP contribution is 2.38. The molecule has 0 atom stereocenters. The first-order valence-electron chi connectivity index (χ1n) is 12.3. The fourth-order valence-corrected chi connectivity index (χ4v) is 4.34. The molecule has 1 N–H and O–H groups in total. The minimum absolute atomic E-state index is 0.0912. The molecule has 216 valence electrons. The average Bonchev–Trinajstić information content (AvgIpc) is 2.87. The summed E-state index contributed by atoms with van der Waals surface area (Å²) in [5.74, 6) is -0.822. The van der Waals surface area contributed by atoms with Crippen LogP contribution in [0, 0.1) is 10.1 Å². The molecule has 0 radical (unpaired) electrons. The second-order valence-electron chi connectivity index (χ2n) is 8.24. The van der Waals surface area contributed by atoms with Crippen LogP contribution in [0.2, 0.25) is 5.02 Å². The Hall–Kier alpha value is -2.99. The van der Waals surface area contributed by atoms with Gasteiger partial charge in [0, 0.05) is 30.5 Å². The molecule has 2 aromatic rings. The minimum Gasteiger partial charge on any atom is -0.477 e. The Balaban J connectivity index is 0.000000495. The van der Waals surface area contributed by atoms with Gasteiger partial charge in [-0.25, -0.2) is 4.79 Å². The van der Waals surface area contributed by atoms with Gasteiger partial charge in [0.15, 0.2) is 0 Å². The fraction of sp³-hybridized carbons (Fsp3) is 0.462. The summed E-state index contributed by atoms with van der Waals surface area (Å²) in [6.07, 6.45) is -1.25. The lowest BCUT2D eigenvalue weighted by atomic mass is 10.0. The molecule has 0 heterocycles. The molecule has 0 unspecified atom stereocenters. The third-order valence-electron chi connectivity index (χ3n) is 5.12. The Morgan fingerprint density at radius 3 is 2.13 bits per heavy atom. The molecule has 0 aliphatic heterocycles. The SMILES string of the molecule is CCCSC(=O)N(CCC)CCC.CCc1cc(Oc2ccc(C(F)(F)F)cc2Cl)cc(C(=O)O)c1[N+](=O)[O-]. The number of ether oxygens (including phenoxy) is 1. The number of benzene rings is 2. The predicted molar refractivity (Wildman–Crippen MR) is 146 cm³/mol. The molecule has 2 rings (SSSR count). The van der Waals surface area contributed by atoms with Crippen LogP contribution < -0.4 is 4.74 Å². The summed E-state index contributed by atoms with van der Waals surface area (Å²) in [5, 5.41) is 20.2. The van der Waals surface area contributed by atoms with Crippen molar-refractivity contribution in [3.8, 4) is 11.5 Å². The van der Waals surface area contributed by atoms with E-state index in [4.69, 9.17) is 16.3 Å². The van der Waals surface area contributed by atoms with Crippen molar-refractivity contribution < 1.29 is 37.5 Å². The normalized spacial score (nSPS) is 10.9. The summed E-state index contributed by atoms with van der Waals surface area (Å²) < 4.78 is 43.3. The summed E-state index contributed by atoms with van der Waals surface area (Å²) in [6.45, 7) is 9.72. The summed E-state index contributed by atoms with van der Waals surface area (Å²) >= 11 is 7.24. The van der Waals surface area contributed by atoms with E-state index in [2.05, 4.69) is 20.8 Å². The van der Waals surface area contributed by atoms with Crippen LogP contribution in [0.4, 0.5) is 23.7 Å². The van der Waals surface area contributed by atoms with E-state index in [9.17, 15) is 38.0 Å². The maximum atomic E-state index is 12.7. The van der Waals surface area contributed by atoms with Crippen molar-refractivity contribution in [1.29, 1.82) is 0 Å². The largest absolute Gasteiger partial charge is 0.477 e. The predicted octanol–water partition coefficient (Wildman–Crippen LogP) is 8.69. The highest BCUT2D eigenvalue weighted by Gasteiger charge is 2.31. The number of thioether (sulfide) groups is 1. The van der Waals surface area contributed by atoms with Gasteiger partial charge in [0.05, 0.1) is 15.5 Å². The number of nitrogens with zero attached hydrogens (tertiary/aromatic N) is 2. The summed E-state index contributed by atoms with van der Waals surface area (Å²) in [6, 6.07) is 4.58.